The quantitative estimate of drug-likeness (QED) is 0.597. The summed E-state index contributed by atoms with van der Waals surface area (Å²) in [6.07, 6.45) is 3.99. The minimum Gasteiger partial charge on any atom is -0.381 e. The Morgan fingerprint density at radius 3 is 2.60 bits per heavy atom. The summed E-state index contributed by atoms with van der Waals surface area (Å²) in [6.45, 7) is 2.18. The van der Waals surface area contributed by atoms with Crippen LogP contribution in [0.3, 0.4) is 0 Å². The summed E-state index contributed by atoms with van der Waals surface area (Å²) in [5.41, 5.74) is 5.86. The average Bonchev–Trinajstić information content (AvgIpc) is 1.95. The fraction of sp³-hybridized carbons (Fsp3) is 1.00. The highest BCUT2D eigenvalue weighted by Gasteiger charge is 2.26. The SMILES string of the molecule is COC1CCCC(N)C1C. The van der Waals surface area contributed by atoms with Crippen molar-refractivity contribution in [2.45, 2.75) is 38.3 Å². The zero-order valence-corrected chi connectivity index (χ0v) is 6.84. The van der Waals surface area contributed by atoms with E-state index < -0.39 is 0 Å². The fourth-order valence-corrected chi connectivity index (χ4v) is 1.69. The normalized spacial score (nSPS) is 41.7. The lowest BCUT2D eigenvalue weighted by Gasteiger charge is -2.32. The van der Waals surface area contributed by atoms with Gasteiger partial charge in [0.05, 0.1) is 6.10 Å². The number of ether oxygens (including phenoxy) is 1. The van der Waals surface area contributed by atoms with Crippen LogP contribution in [0.4, 0.5) is 0 Å². The van der Waals surface area contributed by atoms with Gasteiger partial charge in [-0.1, -0.05) is 6.92 Å². The fourth-order valence-electron chi connectivity index (χ4n) is 1.69. The highest BCUT2D eigenvalue weighted by Crippen LogP contribution is 2.24. The van der Waals surface area contributed by atoms with E-state index in [1.165, 1.54) is 19.3 Å². The Balaban J connectivity index is 2.42. The minimum atomic E-state index is 0.360. The molecular weight excluding hydrogens is 126 g/mol. The Morgan fingerprint density at radius 1 is 1.40 bits per heavy atom. The van der Waals surface area contributed by atoms with Crippen LogP contribution in [0.1, 0.15) is 26.2 Å². The molecule has 0 amide bonds. The number of rotatable bonds is 1. The Morgan fingerprint density at radius 2 is 2.10 bits per heavy atom. The molecule has 1 aliphatic carbocycles. The lowest BCUT2D eigenvalue weighted by atomic mass is 9.84. The third kappa shape index (κ3) is 1.50. The molecule has 2 nitrogen and oxygen atoms in total. The van der Waals surface area contributed by atoms with Crippen LogP contribution in [0.5, 0.6) is 0 Å². The van der Waals surface area contributed by atoms with Gasteiger partial charge in [0, 0.05) is 13.2 Å². The van der Waals surface area contributed by atoms with Crippen molar-refractivity contribution in [3.63, 3.8) is 0 Å². The molecule has 0 spiro atoms. The largest absolute Gasteiger partial charge is 0.381 e. The minimum absolute atomic E-state index is 0.360. The standard InChI is InChI=1S/C8H17NO/c1-6-7(9)4-3-5-8(6)10-2/h6-8H,3-5,9H2,1-2H3. The predicted octanol–water partition coefficient (Wildman–Crippen LogP) is 1.15. The molecule has 10 heavy (non-hydrogen) atoms. The molecule has 3 unspecified atom stereocenters. The lowest BCUT2D eigenvalue weighted by molar-refractivity contribution is 0.0221. The molecule has 1 aliphatic rings. The Hall–Kier alpha value is -0.0800. The van der Waals surface area contributed by atoms with E-state index in [1.807, 2.05) is 0 Å². The molecule has 0 aromatic carbocycles. The second-order valence-electron chi connectivity index (χ2n) is 3.23. The van der Waals surface area contributed by atoms with Crippen molar-refractivity contribution < 1.29 is 4.74 Å². The molecule has 1 fully saturated rings. The van der Waals surface area contributed by atoms with Crippen molar-refractivity contribution in [2.24, 2.45) is 11.7 Å². The number of hydrogen-bond donors (Lipinski definition) is 1. The summed E-state index contributed by atoms with van der Waals surface area (Å²) in [4.78, 5) is 0. The van der Waals surface area contributed by atoms with E-state index in [4.69, 9.17) is 10.5 Å². The van der Waals surface area contributed by atoms with E-state index in [1.54, 1.807) is 7.11 Å². The second kappa shape index (κ2) is 3.35. The van der Waals surface area contributed by atoms with E-state index in [0.717, 1.165) is 0 Å². The molecule has 2 N–H and O–H groups in total. The molecule has 0 radical (unpaired) electrons. The van der Waals surface area contributed by atoms with Crippen LogP contribution in [0, 0.1) is 5.92 Å². The summed E-state index contributed by atoms with van der Waals surface area (Å²) >= 11 is 0. The summed E-state index contributed by atoms with van der Waals surface area (Å²) in [7, 11) is 1.78. The van der Waals surface area contributed by atoms with Crippen LogP contribution in [0.25, 0.3) is 0 Å². The number of methoxy groups -OCH3 is 1. The zero-order valence-electron chi connectivity index (χ0n) is 6.84. The maximum atomic E-state index is 5.86. The van der Waals surface area contributed by atoms with Gasteiger partial charge < -0.3 is 10.5 Å². The van der Waals surface area contributed by atoms with Gasteiger partial charge in [0.25, 0.3) is 0 Å². The van der Waals surface area contributed by atoms with Crippen LogP contribution in [-0.2, 0) is 4.74 Å². The molecule has 0 aromatic rings. The van der Waals surface area contributed by atoms with Crippen molar-refractivity contribution in [2.75, 3.05) is 7.11 Å². The van der Waals surface area contributed by atoms with Crippen molar-refractivity contribution in [1.82, 2.24) is 0 Å². The summed E-state index contributed by atoms with van der Waals surface area (Å²) in [5, 5.41) is 0. The van der Waals surface area contributed by atoms with Crippen LogP contribution >= 0.6 is 0 Å². The first-order valence-electron chi connectivity index (χ1n) is 4.04. The number of hydrogen-bond acceptors (Lipinski definition) is 2. The molecule has 60 valence electrons. The van der Waals surface area contributed by atoms with Gasteiger partial charge in [-0.25, -0.2) is 0 Å². The Labute approximate surface area is 62.7 Å². The molecule has 1 rings (SSSR count). The van der Waals surface area contributed by atoms with E-state index in [0.29, 0.717) is 18.1 Å². The smallest absolute Gasteiger partial charge is 0.0611 e. The van der Waals surface area contributed by atoms with Gasteiger partial charge in [-0.15, -0.1) is 0 Å². The maximum Gasteiger partial charge on any atom is 0.0611 e. The summed E-state index contributed by atoms with van der Waals surface area (Å²) < 4.78 is 5.29. The Bertz CT molecular complexity index is 105. The van der Waals surface area contributed by atoms with E-state index in [2.05, 4.69) is 6.92 Å². The van der Waals surface area contributed by atoms with Gasteiger partial charge in [0.1, 0.15) is 0 Å². The maximum absolute atomic E-state index is 5.86. The first kappa shape index (κ1) is 8.02. The summed E-state index contributed by atoms with van der Waals surface area (Å²) in [6, 6.07) is 0.360. The first-order valence-corrected chi connectivity index (χ1v) is 4.04. The topological polar surface area (TPSA) is 35.2 Å². The second-order valence-corrected chi connectivity index (χ2v) is 3.23. The molecule has 0 saturated heterocycles. The molecule has 2 heteroatoms. The van der Waals surface area contributed by atoms with Crippen LogP contribution in [-0.4, -0.2) is 19.3 Å². The van der Waals surface area contributed by atoms with Crippen LogP contribution < -0.4 is 5.73 Å². The van der Waals surface area contributed by atoms with Gasteiger partial charge in [-0.05, 0) is 25.2 Å². The number of nitrogens with two attached hydrogens (primary N) is 1. The zero-order chi connectivity index (χ0) is 7.56. The van der Waals surface area contributed by atoms with Crippen molar-refractivity contribution in [3.8, 4) is 0 Å². The highest BCUT2D eigenvalue weighted by molar-refractivity contribution is 4.81. The van der Waals surface area contributed by atoms with Crippen LogP contribution in [0.15, 0.2) is 0 Å². The molecule has 0 bridgehead atoms. The van der Waals surface area contributed by atoms with E-state index >= 15 is 0 Å². The van der Waals surface area contributed by atoms with E-state index in [-0.39, 0.29) is 0 Å². The molecular formula is C8H17NO. The van der Waals surface area contributed by atoms with Crippen molar-refractivity contribution in [3.05, 3.63) is 0 Å². The Kier molecular flexibility index (Phi) is 2.69. The van der Waals surface area contributed by atoms with E-state index in [9.17, 15) is 0 Å². The average molecular weight is 143 g/mol. The molecule has 3 atom stereocenters. The molecule has 0 heterocycles. The lowest BCUT2D eigenvalue weighted by Crippen LogP contribution is -2.40. The van der Waals surface area contributed by atoms with Crippen molar-refractivity contribution in [1.29, 1.82) is 0 Å². The van der Waals surface area contributed by atoms with Crippen molar-refractivity contribution >= 4 is 0 Å². The first-order chi connectivity index (χ1) is 4.75. The third-order valence-corrected chi connectivity index (χ3v) is 2.59. The molecule has 1 saturated carbocycles. The highest BCUT2D eigenvalue weighted by atomic mass is 16.5. The third-order valence-electron chi connectivity index (χ3n) is 2.59. The van der Waals surface area contributed by atoms with Gasteiger partial charge in [0.15, 0.2) is 0 Å². The summed E-state index contributed by atoms with van der Waals surface area (Å²) in [5.74, 6) is 0.541. The van der Waals surface area contributed by atoms with Gasteiger partial charge >= 0.3 is 0 Å². The molecule has 0 aromatic heterocycles. The molecule has 0 aliphatic heterocycles. The van der Waals surface area contributed by atoms with Gasteiger partial charge in [-0.2, -0.15) is 0 Å². The predicted molar refractivity (Wildman–Crippen MR) is 41.8 cm³/mol. The van der Waals surface area contributed by atoms with Gasteiger partial charge in [-0.3, -0.25) is 0 Å². The van der Waals surface area contributed by atoms with Crippen LogP contribution in [0.2, 0.25) is 0 Å². The van der Waals surface area contributed by atoms with Gasteiger partial charge in [0.2, 0.25) is 0 Å². The monoisotopic (exact) mass is 143 g/mol.